The van der Waals surface area contributed by atoms with E-state index in [1.165, 1.54) is 410 Å². The molecule has 24 unspecified atom stereocenters. The molecule has 15 saturated carbocycles. The predicted octanol–water partition coefficient (Wildman–Crippen LogP) is 22.8. The minimum Gasteiger partial charge on any atom is -0.378 e. The van der Waals surface area contributed by atoms with Crippen LogP contribution in [-0.2, 0) is 18.9 Å². The van der Waals surface area contributed by atoms with Crippen LogP contribution in [0.15, 0.2) is 0 Å². The molecule has 15 nitrogen and oxygen atoms in total. The van der Waals surface area contributed by atoms with Gasteiger partial charge in [-0.05, 0) is 424 Å². The molecule has 752 valence electrons. The molecule has 0 aromatic heterocycles. The quantitative estimate of drug-likeness (QED) is 0.113. The van der Waals surface area contributed by atoms with E-state index >= 15 is 0 Å². The maximum atomic E-state index is 5.60. The highest BCUT2D eigenvalue weighted by atomic mass is 16.5. The molecule has 15 aliphatic carbocycles. The SMILES string of the molecule is C1CC2CC(C1)C2.C1CC2CC1CN2.C1CC2CC1CO2.C1CC2CCC(C1)C2.C1CC2CCC(C1)N2.C1CC2CCC(C1)N2.C1CC2CCC(C1)N2.C1CC2CCC(C1)O2.C1CC2CCC(C2)N1.C1CC2CCC1C2.C1CC2CCC1CC2.C1CC2CCC1CO2.C1CC2CCC1N2.C1CC2CCN(C1)C2.C1CC2CNC(C1)C2.C1CC2CNCC1N2.C1CN2CCC(C2)O1. The summed E-state index contributed by atoms with van der Waals surface area (Å²) in [6.07, 6.45) is 106. The molecule has 0 radical (unpaired) electrons. The Hall–Kier alpha value is -0.600. The Kier molecular flexibility index (Phi) is 41.6. The molecule has 0 aromatic carbocycles. The summed E-state index contributed by atoms with van der Waals surface area (Å²) in [7, 11) is 0. The number of piperazine rings is 1. The lowest BCUT2D eigenvalue weighted by Gasteiger charge is -2.40. The average molecular weight is 1820 g/mol. The molecule has 0 spiro atoms. The summed E-state index contributed by atoms with van der Waals surface area (Å²) >= 11 is 0. The minimum atomic E-state index is 0.587. The predicted molar refractivity (Wildman–Crippen MR) is 545 cm³/mol. The zero-order valence-electron chi connectivity index (χ0n) is 84.9. The van der Waals surface area contributed by atoms with Gasteiger partial charge in [0.25, 0.3) is 0 Å². The Morgan fingerprint density at radius 3 is 0.870 bits per heavy atom. The lowest BCUT2D eigenvalue weighted by molar-refractivity contribution is -0.0615. The number of hydrogen-bond acceptors (Lipinski definition) is 15. The van der Waals surface area contributed by atoms with Gasteiger partial charge in [-0.2, -0.15) is 0 Å². The van der Waals surface area contributed by atoms with Gasteiger partial charge in [0.15, 0.2) is 0 Å². The maximum absolute atomic E-state index is 5.60. The van der Waals surface area contributed by atoms with Crippen LogP contribution in [-0.4, -0.2) is 211 Å². The Labute approximate surface area is 805 Å². The van der Waals surface area contributed by atoms with E-state index in [0.29, 0.717) is 30.5 Å². The van der Waals surface area contributed by atoms with E-state index in [-0.39, 0.29) is 0 Å². The zero-order valence-corrected chi connectivity index (χ0v) is 84.9. The van der Waals surface area contributed by atoms with Crippen molar-refractivity contribution >= 4 is 0 Å². The van der Waals surface area contributed by atoms with E-state index in [4.69, 9.17) is 18.9 Å². The van der Waals surface area contributed by atoms with Gasteiger partial charge in [0, 0.05) is 131 Å². The monoisotopic (exact) mass is 1820 g/mol. The Morgan fingerprint density at radius 1 is 0.176 bits per heavy atom. The van der Waals surface area contributed by atoms with Gasteiger partial charge in [-0.3, -0.25) is 4.90 Å². The first-order valence-electron chi connectivity index (χ1n) is 60.3. The van der Waals surface area contributed by atoms with E-state index in [2.05, 4.69) is 57.7 Å². The summed E-state index contributed by atoms with van der Waals surface area (Å²) in [6, 6.07) is 11.7. The fraction of sp³-hybridized carbons (Fsp3) is 1.00. The molecule has 15 heteroatoms. The van der Waals surface area contributed by atoms with Gasteiger partial charge in [-0.1, -0.05) is 141 Å². The molecule has 0 amide bonds. The molecule has 131 heavy (non-hydrogen) atoms. The summed E-state index contributed by atoms with van der Waals surface area (Å²) < 4.78 is 21.9. The van der Waals surface area contributed by atoms with Crippen LogP contribution in [0.5, 0.6) is 0 Å². The molecule has 37 fully saturated rings. The van der Waals surface area contributed by atoms with Gasteiger partial charge in [-0.15, -0.1) is 0 Å². The average Bonchev–Trinajstić information content (AvgIpc) is 1.75. The second-order valence-corrected chi connectivity index (χ2v) is 51.1. The Balaban J connectivity index is 0.0000000935. The van der Waals surface area contributed by atoms with Gasteiger partial charge in [0.1, 0.15) is 0 Å². The highest BCUT2D eigenvalue weighted by molar-refractivity contribution is 4.97. The van der Waals surface area contributed by atoms with Crippen LogP contribution in [0.25, 0.3) is 0 Å². The van der Waals surface area contributed by atoms with Crippen molar-refractivity contribution in [1.29, 1.82) is 0 Å². The van der Waals surface area contributed by atoms with Crippen LogP contribution in [0.1, 0.15) is 449 Å². The first-order chi connectivity index (χ1) is 64.6. The largest absolute Gasteiger partial charge is 0.378 e. The summed E-state index contributed by atoms with van der Waals surface area (Å²) in [5, 5.41) is 31.7. The normalized spacial score (nSPS) is 45.8. The van der Waals surface area contributed by atoms with E-state index in [0.717, 1.165) is 164 Å². The number of fused-ring (bicyclic) bond motifs is 36. The third-order valence-corrected chi connectivity index (χ3v) is 41.0. The number of hydrogen-bond donors (Lipinski definition) is 9. The third kappa shape index (κ3) is 33.8. The number of ether oxygens (including phenoxy) is 4. The van der Waals surface area contributed by atoms with Crippen molar-refractivity contribution in [2.24, 2.45) is 82.9 Å². The van der Waals surface area contributed by atoms with Crippen molar-refractivity contribution in [3.63, 3.8) is 0 Å². The topological polar surface area (TPSA) is 152 Å². The molecular formula is C116H209N11O4. The Bertz CT molecular complexity index is 2250. The fourth-order valence-corrected chi connectivity index (χ4v) is 32.6. The highest BCUT2D eigenvalue weighted by Gasteiger charge is 2.40. The van der Waals surface area contributed by atoms with Crippen LogP contribution in [0.4, 0.5) is 0 Å². The molecule has 22 aliphatic heterocycles. The van der Waals surface area contributed by atoms with E-state index in [1.807, 2.05) is 0 Å². The van der Waals surface area contributed by atoms with Crippen LogP contribution in [0, 0.1) is 82.9 Å². The number of rotatable bonds is 0. The number of piperidine rings is 6. The van der Waals surface area contributed by atoms with Gasteiger partial charge in [0.2, 0.25) is 0 Å². The van der Waals surface area contributed by atoms with Crippen molar-refractivity contribution in [1.82, 2.24) is 57.7 Å². The lowest BCUT2D eigenvalue weighted by atomic mass is 9.65. The van der Waals surface area contributed by atoms with E-state index in [9.17, 15) is 0 Å². The van der Waals surface area contributed by atoms with Crippen molar-refractivity contribution in [2.45, 2.75) is 559 Å². The molecule has 22 heterocycles. The molecule has 34 bridgehead atoms. The standard InChI is InChI=1S/2C8H14.6C7H13N.2C7H12O.2C7H12.C6H12N2.C6H11NO.2C6H11N.C6H10O/c1-2-8-5-3-7(1)4-6-8;1-2-7-4-5-8(3-1)6-7;1-2-7-5-6(1)3-4-8-7;1-2-7-3-5-8(4-1)6-7;1-2-6-4-7(3-1)8-5-6;3*1-2-6-4-5-7(3-1)8-6;1-3-7-4-2-6(1)5-8-7;1-2-6-4-5-7(3-1)8-6;1-2-7-4-3-6(1)5-7;1-2-6-4-7(3-1)5-6;1-2-6-4-7-3-5(1)8-6;1-2-7-3-4-8-6(1)5-7;1-2-6-3-5(1)4-7-6;1-2-6-4-3-5(1)7-6;1-2-6-3-5(1)4-7-6/h2*7-8H,1-6H2;6-8H,1-5H2;7H,1-6H2;4*6-8H,1-5H2;2*6-7H,1-5H2;2*6-7H,1-5H2;5-8H,1-4H2;6H,1-5H2;2*5-7H,1-4H2;5-6H,1-4H2. The summed E-state index contributed by atoms with van der Waals surface area (Å²) in [4.78, 5) is 5.06. The number of morpholine rings is 1. The van der Waals surface area contributed by atoms with Crippen molar-refractivity contribution in [3.8, 4) is 0 Å². The van der Waals surface area contributed by atoms with Crippen LogP contribution >= 0.6 is 0 Å². The van der Waals surface area contributed by atoms with Crippen molar-refractivity contribution in [3.05, 3.63) is 0 Å². The molecule has 22 saturated heterocycles. The summed E-state index contributed by atoms with van der Waals surface area (Å²) in [5.74, 6) is 15.5. The van der Waals surface area contributed by atoms with Crippen LogP contribution in [0.2, 0.25) is 0 Å². The molecule has 37 aliphatic rings. The minimum absolute atomic E-state index is 0.587. The summed E-state index contributed by atoms with van der Waals surface area (Å²) in [5.41, 5.74) is 0. The lowest BCUT2D eigenvalue weighted by Crippen LogP contribution is -2.48. The number of nitrogens with zero attached hydrogens (tertiary/aromatic N) is 2. The molecule has 24 atom stereocenters. The Morgan fingerprint density at radius 2 is 0.527 bits per heavy atom. The van der Waals surface area contributed by atoms with Crippen molar-refractivity contribution < 1.29 is 18.9 Å². The summed E-state index contributed by atoms with van der Waals surface area (Å²) in [6.45, 7) is 17.2. The van der Waals surface area contributed by atoms with Crippen LogP contribution < -0.4 is 47.9 Å². The second-order valence-electron chi connectivity index (χ2n) is 51.1. The molecule has 0 aromatic rings. The van der Waals surface area contributed by atoms with Gasteiger partial charge in [-0.25, -0.2) is 0 Å². The van der Waals surface area contributed by atoms with E-state index in [1.54, 1.807) is 128 Å². The smallest absolute Gasteiger partial charge is 0.0714 e. The van der Waals surface area contributed by atoms with Gasteiger partial charge < -0.3 is 71.7 Å². The fourth-order valence-electron chi connectivity index (χ4n) is 32.6. The zero-order chi connectivity index (χ0) is 88.2. The maximum Gasteiger partial charge on any atom is 0.0714 e. The molecule has 9 N–H and O–H groups in total. The van der Waals surface area contributed by atoms with Gasteiger partial charge >= 0.3 is 0 Å². The number of nitrogens with one attached hydrogen (secondary N) is 9. The van der Waals surface area contributed by atoms with Crippen molar-refractivity contribution in [2.75, 3.05) is 91.8 Å². The van der Waals surface area contributed by atoms with E-state index < -0.39 is 0 Å². The second kappa shape index (κ2) is 54.2. The molecular weight excluding hydrogens is 1610 g/mol. The first-order valence-corrected chi connectivity index (χ1v) is 60.3. The third-order valence-electron chi connectivity index (χ3n) is 41.0. The first kappa shape index (κ1) is 100. The highest BCUT2D eigenvalue weighted by Crippen LogP contribution is 2.48. The van der Waals surface area contributed by atoms with Crippen LogP contribution in [0.3, 0.4) is 0 Å². The molecule has 37 rings (SSSR count). The van der Waals surface area contributed by atoms with Gasteiger partial charge in [0.05, 0.1) is 37.1 Å².